The Morgan fingerprint density at radius 2 is 1.85 bits per heavy atom. The minimum absolute atomic E-state index is 0.00955. The van der Waals surface area contributed by atoms with E-state index in [4.69, 9.17) is 0 Å². The largest absolute Gasteiger partial charge is 0.291 e. The lowest BCUT2D eigenvalue weighted by atomic mass is 9.94. The Kier molecular flexibility index (Phi) is 4.27. The van der Waals surface area contributed by atoms with Gasteiger partial charge in [-0.3, -0.25) is 4.99 Å². The molecule has 0 aromatic heterocycles. The van der Waals surface area contributed by atoms with Gasteiger partial charge in [0.05, 0.1) is 5.54 Å². The topological polar surface area (TPSA) is 12.4 Å². The van der Waals surface area contributed by atoms with Crippen molar-refractivity contribution in [1.82, 2.24) is 0 Å². The molecule has 0 radical (unpaired) electrons. The average Bonchev–Trinajstić information content (AvgIpc) is 2.69. The second kappa shape index (κ2) is 5.78. The molecule has 0 fully saturated rings. The molecule has 0 spiro atoms. The average molecular weight is 267 g/mol. The summed E-state index contributed by atoms with van der Waals surface area (Å²) in [5, 5.41) is 0. The SMILES string of the molecule is CC1=CCC(c2ccccc2CC=NC(C)(C)C)=C1C. The molecule has 106 valence electrons. The first-order valence-electron chi connectivity index (χ1n) is 7.37. The third-order valence-electron chi connectivity index (χ3n) is 3.79. The van der Waals surface area contributed by atoms with Crippen LogP contribution in [0.1, 0.15) is 52.2 Å². The van der Waals surface area contributed by atoms with Crippen LogP contribution in [0.4, 0.5) is 0 Å². The van der Waals surface area contributed by atoms with Crippen molar-refractivity contribution in [2.45, 2.75) is 53.0 Å². The molecule has 1 nitrogen and oxygen atoms in total. The molecule has 0 atom stereocenters. The minimum atomic E-state index is 0.00955. The monoisotopic (exact) mass is 267 g/mol. The zero-order valence-corrected chi connectivity index (χ0v) is 13.3. The van der Waals surface area contributed by atoms with Crippen LogP contribution in [0, 0.1) is 0 Å². The second-order valence-electron chi connectivity index (χ2n) is 6.54. The normalized spacial score (nSPS) is 16.1. The highest BCUT2D eigenvalue weighted by atomic mass is 14.8. The van der Waals surface area contributed by atoms with Crippen molar-refractivity contribution in [3.8, 4) is 0 Å². The van der Waals surface area contributed by atoms with Crippen LogP contribution in [0.5, 0.6) is 0 Å². The van der Waals surface area contributed by atoms with Gasteiger partial charge in [0.1, 0.15) is 0 Å². The predicted octanol–water partition coefficient (Wildman–Crippen LogP) is 5.22. The Morgan fingerprint density at radius 3 is 2.45 bits per heavy atom. The Balaban J connectivity index is 2.27. The molecule has 0 aliphatic heterocycles. The van der Waals surface area contributed by atoms with E-state index in [1.54, 1.807) is 0 Å². The molecule has 0 saturated carbocycles. The van der Waals surface area contributed by atoms with E-state index >= 15 is 0 Å². The summed E-state index contributed by atoms with van der Waals surface area (Å²) in [5.74, 6) is 0. The van der Waals surface area contributed by atoms with E-state index in [9.17, 15) is 0 Å². The fourth-order valence-corrected chi connectivity index (χ4v) is 2.52. The molecule has 1 heteroatoms. The van der Waals surface area contributed by atoms with Crippen molar-refractivity contribution in [3.05, 3.63) is 52.6 Å². The van der Waals surface area contributed by atoms with Crippen LogP contribution in [0.15, 0.2) is 46.5 Å². The summed E-state index contributed by atoms with van der Waals surface area (Å²) in [5.41, 5.74) is 7.09. The molecule has 2 rings (SSSR count). The quantitative estimate of drug-likeness (QED) is 0.666. The summed E-state index contributed by atoms with van der Waals surface area (Å²) in [6.45, 7) is 10.8. The van der Waals surface area contributed by atoms with Gasteiger partial charge in [-0.1, -0.05) is 35.9 Å². The van der Waals surface area contributed by atoms with Gasteiger partial charge in [0, 0.05) is 12.6 Å². The van der Waals surface area contributed by atoms with Crippen LogP contribution in [-0.2, 0) is 6.42 Å². The number of aliphatic imine (C=N–C) groups is 1. The van der Waals surface area contributed by atoms with Crippen molar-refractivity contribution >= 4 is 11.8 Å². The predicted molar refractivity (Wildman–Crippen MR) is 89.4 cm³/mol. The number of hydrogen-bond donors (Lipinski definition) is 0. The molecule has 1 aromatic rings. The van der Waals surface area contributed by atoms with Crippen molar-refractivity contribution in [3.63, 3.8) is 0 Å². The zero-order chi connectivity index (χ0) is 14.8. The standard InChI is InChI=1S/C19H25N/c1-14-10-11-17(15(14)2)18-9-7-6-8-16(18)12-13-20-19(3,4)5/h6-10,13H,11-12H2,1-5H3. The lowest BCUT2D eigenvalue weighted by molar-refractivity contribution is 0.585. The molecule has 0 heterocycles. The summed E-state index contributed by atoms with van der Waals surface area (Å²) in [6.07, 6.45) is 6.35. The smallest absolute Gasteiger partial charge is 0.0520 e. The lowest BCUT2D eigenvalue weighted by Crippen LogP contribution is -2.10. The van der Waals surface area contributed by atoms with Gasteiger partial charge >= 0.3 is 0 Å². The number of rotatable bonds is 3. The fraction of sp³-hybridized carbons (Fsp3) is 0.421. The van der Waals surface area contributed by atoms with Gasteiger partial charge in [0.2, 0.25) is 0 Å². The van der Waals surface area contributed by atoms with Gasteiger partial charge < -0.3 is 0 Å². The Hall–Kier alpha value is -1.63. The summed E-state index contributed by atoms with van der Waals surface area (Å²) in [4.78, 5) is 4.60. The van der Waals surface area contributed by atoms with Crippen LogP contribution in [0.3, 0.4) is 0 Å². The maximum atomic E-state index is 4.60. The minimum Gasteiger partial charge on any atom is -0.291 e. The molecule has 0 bridgehead atoms. The molecule has 0 N–H and O–H groups in total. The highest BCUT2D eigenvalue weighted by molar-refractivity contribution is 5.79. The summed E-state index contributed by atoms with van der Waals surface area (Å²) < 4.78 is 0. The first-order valence-corrected chi connectivity index (χ1v) is 7.37. The van der Waals surface area contributed by atoms with Gasteiger partial charge in [-0.2, -0.15) is 0 Å². The lowest BCUT2D eigenvalue weighted by Gasteiger charge is -2.13. The van der Waals surface area contributed by atoms with E-state index in [1.165, 1.54) is 27.8 Å². The molecular formula is C19H25N. The van der Waals surface area contributed by atoms with Gasteiger partial charge in [-0.25, -0.2) is 0 Å². The highest BCUT2D eigenvalue weighted by Crippen LogP contribution is 2.34. The van der Waals surface area contributed by atoms with E-state index in [2.05, 4.69) is 76.2 Å². The van der Waals surface area contributed by atoms with E-state index in [1.807, 2.05) is 0 Å². The van der Waals surface area contributed by atoms with Gasteiger partial charge in [-0.05, 0) is 63.3 Å². The summed E-state index contributed by atoms with van der Waals surface area (Å²) in [6, 6.07) is 8.71. The first kappa shape index (κ1) is 14.8. The molecule has 1 aliphatic rings. The highest BCUT2D eigenvalue weighted by Gasteiger charge is 2.14. The van der Waals surface area contributed by atoms with Crippen LogP contribution in [0.25, 0.3) is 5.57 Å². The Bertz CT molecular complexity index is 580. The summed E-state index contributed by atoms with van der Waals surface area (Å²) >= 11 is 0. The number of hydrogen-bond acceptors (Lipinski definition) is 1. The van der Waals surface area contributed by atoms with E-state index < -0.39 is 0 Å². The van der Waals surface area contributed by atoms with Crippen molar-refractivity contribution in [2.24, 2.45) is 4.99 Å². The molecule has 0 unspecified atom stereocenters. The van der Waals surface area contributed by atoms with E-state index in [0.717, 1.165) is 12.8 Å². The summed E-state index contributed by atoms with van der Waals surface area (Å²) in [7, 11) is 0. The van der Waals surface area contributed by atoms with Gasteiger partial charge in [0.25, 0.3) is 0 Å². The van der Waals surface area contributed by atoms with E-state index in [0.29, 0.717) is 0 Å². The first-order chi connectivity index (χ1) is 9.38. The Morgan fingerprint density at radius 1 is 1.15 bits per heavy atom. The van der Waals surface area contributed by atoms with Crippen LogP contribution < -0.4 is 0 Å². The molecule has 0 amide bonds. The molecule has 20 heavy (non-hydrogen) atoms. The second-order valence-corrected chi connectivity index (χ2v) is 6.54. The van der Waals surface area contributed by atoms with Gasteiger partial charge in [-0.15, -0.1) is 0 Å². The van der Waals surface area contributed by atoms with Gasteiger partial charge in [0.15, 0.2) is 0 Å². The Labute approximate surface area is 123 Å². The third-order valence-corrected chi connectivity index (χ3v) is 3.79. The number of nitrogens with zero attached hydrogens (tertiary/aromatic N) is 1. The molecule has 1 aromatic carbocycles. The maximum Gasteiger partial charge on any atom is 0.0520 e. The van der Waals surface area contributed by atoms with Crippen LogP contribution >= 0.6 is 0 Å². The van der Waals surface area contributed by atoms with Crippen molar-refractivity contribution in [2.75, 3.05) is 0 Å². The van der Waals surface area contributed by atoms with Crippen molar-refractivity contribution in [1.29, 1.82) is 0 Å². The number of benzene rings is 1. The molecule has 1 aliphatic carbocycles. The molecular weight excluding hydrogens is 242 g/mol. The van der Waals surface area contributed by atoms with Crippen LogP contribution in [-0.4, -0.2) is 11.8 Å². The van der Waals surface area contributed by atoms with Crippen molar-refractivity contribution < 1.29 is 0 Å². The number of allylic oxidation sites excluding steroid dienone is 4. The fourth-order valence-electron chi connectivity index (χ4n) is 2.52. The maximum absolute atomic E-state index is 4.60. The third kappa shape index (κ3) is 3.47. The molecule has 0 saturated heterocycles. The van der Waals surface area contributed by atoms with Crippen LogP contribution in [0.2, 0.25) is 0 Å². The zero-order valence-electron chi connectivity index (χ0n) is 13.3. The van der Waals surface area contributed by atoms with E-state index in [-0.39, 0.29) is 5.54 Å².